The van der Waals surface area contributed by atoms with Crippen molar-refractivity contribution in [2.75, 3.05) is 17.1 Å². The van der Waals surface area contributed by atoms with Gasteiger partial charge in [0.25, 0.3) is 5.91 Å². The van der Waals surface area contributed by atoms with Gasteiger partial charge in [-0.3, -0.25) is 14.4 Å². The Morgan fingerprint density at radius 2 is 1.44 bits per heavy atom. The third-order valence-electron chi connectivity index (χ3n) is 7.02. The van der Waals surface area contributed by atoms with Gasteiger partial charge in [-0.15, -0.1) is 0 Å². The molecule has 0 bridgehead atoms. The van der Waals surface area contributed by atoms with E-state index in [4.69, 9.17) is 14.3 Å². The molecule has 2 amide bonds. The fraction of sp³-hybridized carbons (Fsp3) is 0.129. The largest absolute Gasteiger partial charge is 0.493 e. The SMILES string of the molecule is COc1cc([C@@H]2[C@H]3C(=O)N(c4ccc(F)cc4)C(=O)[C@H]3ON2c2ccccc2)ccc1OC(=O)c1ccc(F)cc1. The van der Waals surface area contributed by atoms with Crippen molar-refractivity contribution in [2.24, 2.45) is 5.92 Å². The third-order valence-corrected chi connectivity index (χ3v) is 7.02. The predicted molar refractivity (Wildman–Crippen MR) is 143 cm³/mol. The first-order valence-corrected chi connectivity index (χ1v) is 12.7. The molecule has 2 aliphatic rings. The Balaban J connectivity index is 1.36. The second kappa shape index (κ2) is 10.5. The van der Waals surface area contributed by atoms with Crippen LogP contribution in [0.2, 0.25) is 0 Å². The van der Waals surface area contributed by atoms with E-state index in [2.05, 4.69) is 0 Å². The summed E-state index contributed by atoms with van der Waals surface area (Å²) >= 11 is 0. The highest BCUT2D eigenvalue weighted by Crippen LogP contribution is 2.48. The molecule has 0 spiro atoms. The fourth-order valence-corrected chi connectivity index (χ4v) is 5.09. The van der Waals surface area contributed by atoms with Crippen LogP contribution >= 0.6 is 0 Å². The molecular formula is C31H22F2N2O6. The molecule has 2 saturated heterocycles. The molecule has 10 heteroatoms. The minimum Gasteiger partial charge on any atom is -0.493 e. The molecule has 2 heterocycles. The van der Waals surface area contributed by atoms with Crippen molar-refractivity contribution in [3.05, 3.63) is 120 Å². The van der Waals surface area contributed by atoms with E-state index in [1.54, 1.807) is 36.4 Å². The normalized spacial score (nSPS) is 19.8. The molecule has 206 valence electrons. The minimum absolute atomic E-state index is 0.106. The van der Waals surface area contributed by atoms with Crippen molar-refractivity contribution in [1.82, 2.24) is 0 Å². The lowest BCUT2D eigenvalue weighted by atomic mass is 9.90. The molecule has 3 atom stereocenters. The van der Waals surface area contributed by atoms with E-state index < -0.39 is 47.5 Å². The highest BCUT2D eigenvalue weighted by Gasteiger charge is 2.60. The molecule has 4 aromatic carbocycles. The van der Waals surface area contributed by atoms with E-state index in [0.717, 1.165) is 17.0 Å². The van der Waals surface area contributed by atoms with Crippen LogP contribution in [0.15, 0.2) is 97.1 Å². The lowest BCUT2D eigenvalue weighted by Crippen LogP contribution is -2.37. The van der Waals surface area contributed by atoms with Crippen LogP contribution in [0.5, 0.6) is 11.5 Å². The molecule has 0 saturated carbocycles. The first-order valence-electron chi connectivity index (χ1n) is 12.7. The van der Waals surface area contributed by atoms with Gasteiger partial charge in [0.1, 0.15) is 17.6 Å². The van der Waals surface area contributed by atoms with Gasteiger partial charge >= 0.3 is 5.97 Å². The van der Waals surface area contributed by atoms with Gasteiger partial charge < -0.3 is 9.47 Å². The smallest absolute Gasteiger partial charge is 0.343 e. The maximum absolute atomic E-state index is 13.8. The minimum atomic E-state index is -1.13. The van der Waals surface area contributed by atoms with Crippen LogP contribution in [0.1, 0.15) is 22.0 Å². The number of esters is 1. The highest BCUT2D eigenvalue weighted by atomic mass is 19.1. The van der Waals surface area contributed by atoms with Crippen LogP contribution in [0, 0.1) is 17.6 Å². The van der Waals surface area contributed by atoms with Crippen LogP contribution in [-0.4, -0.2) is 31.0 Å². The molecule has 2 aliphatic heterocycles. The zero-order chi connectivity index (χ0) is 28.7. The summed E-state index contributed by atoms with van der Waals surface area (Å²) in [6.45, 7) is 0. The number of halogens is 2. The molecule has 8 nitrogen and oxygen atoms in total. The number of carbonyl (C=O) groups is 3. The molecule has 6 rings (SSSR count). The number of hydroxylamine groups is 1. The number of methoxy groups -OCH3 is 1. The van der Waals surface area contributed by atoms with Crippen molar-refractivity contribution in [1.29, 1.82) is 0 Å². The van der Waals surface area contributed by atoms with Crippen molar-refractivity contribution in [3.63, 3.8) is 0 Å². The number of benzene rings is 4. The van der Waals surface area contributed by atoms with E-state index in [9.17, 15) is 23.2 Å². The monoisotopic (exact) mass is 556 g/mol. The van der Waals surface area contributed by atoms with Crippen LogP contribution in [0.25, 0.3) is 0 Å². The van der Waals surface area contributed by atoms with Gasteiger partial charge in [-0.1, -0.05) is 24.3 Å². The predicted octanol–water partition coefficient (Wildman–Crippen LogP) is 5.24. The van der Waals surface area contributed by atoms with Gasteiger partial charge in [-0.25, -0.2) is 23.5 Å². The first-order chi connectivity index (χ1) is 19.9. The summed E-state index contributed by atoms with van der Waals surface area (Å²) in [4.78, 5) is 47.0. The van der Waals surface area contributed by atoms with Gasteiger partial charge in [0.15, 0.2) is 17.6 Å². The number of nitrogens with zero attached hydrogens (tertiary/aromatic N) is 2. The molecule has 0 aliphatic carbocycles. The highest BCUT2D eigenvalue weighted by molar-refractivity contribution is 6.23. The van der Waals surface area contributed by atoms with E-state index in [0.29, 0.717) is 11.3 Å². The standard InChI is InChI=1S/C31H22F2N2O6/c1-39-25-17-19(9-16-24(25)40-31(38)18-7-10-20(32)11-8-18)27-26-28(41-35(27)23-5-3-2-4-6-23)30(37)34(29(26)36)22-14-12-21(33)13-15-22/h2-17,26-28H,1H3/t26-,27-,28+/m1/s1. The lowest BCUT2D eigenvalue weighted by molar-refractivity contribution is -0.126. The number of para-hydroxylation sites is 1. The Kier molecular flexibility index (Phi) is 6.68. The van der Waals surface area contributed by atoms with Gasteiger partial charge in [0.2, 0.25) is 5.91 Å². The zero-order valence-corrected chi connectivity index (χ0v) is 21.6. The number of hydrogen-bond donors (Lipinski definition) is 0. The lowest BCUT2D eigenvalue weighted by Gasteiger charge is -2.29. The Morgan fingerprint density at radius 3 is 2.10 bits per heavy atom. The number of amides is 2. The van der Waals surface area contributed by atoms with Crippen molar-refractivity contribution in [2.45, 2.75) is 12.1 Å². The number of rotatable bonds is 6. The van der Waals surface area contributed by atoms with Crippen LogP contribution in [-0.2, 0) is 14.4 Å². The number of anilines is 2. The molecule has 41 heavy (non-hydrogen) atoms. The summed E-state index contributed by atoms with van der Waals surface area (Å²) < 4.78 is 37.8. The Morgan fingerprint density at radius 1 is 0.780 bits per heavy atom. The van der Waals surface area contributed by atoms with E-state index >= 15 is 0 Å². The molecule has 0 N–H and O–H groups in total. The summed E-state index contributed by atoms with van der Waals surface area (Å²) in [5.41, 5.74) is 1.56. The molecular weight excluding hydrogens is 534 g/mol. The second-order valence-electron chi connectivity index (χ2n) is 9.45. The summed E-state index contributed by atoms with van der Waals surface area (Å²) in [5, 5.41) is 1.52. The molecule has 2 fully saturated rings. The molecule has 0 unspecified atom stereocenters. The Bertz CT molecular complexity index is 1630. The second-order valence-corrected chi connectivity index (χ2v) is 9.45. The molecule has 4 aromatic rings. The van der Waals surface area contributed by atoms with Crippen LogP contribution in [0.3, 0.4) is 0 Å². The summed E-state index contributed by atoms with van der Waals surface area (Å²) in [6, 6.07) is 23.0. The maximum Gasteiger partial charge on any atom is 0.343 e. The molecule has 0 aromatic heterocycles. The quantitative estimate of drug-likeness (QED) is 0.182. The topological polar surface area (TPSA) is 85.4 Å². The first kappa shape index (κ1) is 26.1. The van der Waals surface area contributed by atoms with E-state index in [-0.39, 0.29) is 22.7 Å². The number of carbonyl (C=O) groups excluding carboxylic acids is 3. The number of imide groups is 1. The van der Waals surface area contributed by atoms with Gasteiger partial charge in [0.05, 0.1) is 30.1 Å². The third kappa shape index (κ3) is 4.68. The van der Waals surface area contributed by atoms with Crippen molar-refractivity contribution in [3.8, 4) is 11.5 Å². The average molecular weight is 557 g/mol. The number of ether oxygens (including phenoxy) is 2. The van der Waals surface area contributed by atoms with Gasteiger partial charge in [0, 0.05) is 0 Å². The summed E-state index contributed by atoms with van der Waals surface area (Å²) in [5.74, 6) is -3.39. The fourth-order valence-electron chi connectivity index (χ4n) is 5.09. The van der Waals surface area contributed by atoms with E-state index in [1.807, 2.05) is 6.07 Å². The van der Waals surface area contributed by atoms with Gasteiger partial charge in [-0.2, -0.15) is 0 Å². The molecule has 0 radical (unpaired) electrons. The maximum atomic E-state index is 13.8. The van der Waals surface area contributed by atoms with Crippen LogP contribution < -0.4 is 19.4 Å². The van der Waals surface area contributed by atoms with Crippen LogP contribution in [0.4, 0.5) is 20.2 Å². The van der Waals surface area contributed by atoms with E-state index in [1.165, 1.54) is 54.6 Å². The van der Waals surface area contributed by atoms with Crippen molar-refractivity contribution < 1.29 is 37.5 Å². The Labute approximate surface area is 233 Å². The average Bonchev–Trinajstić information content (AvgIpc) is 3.50. The summed E-state index contributed by atoms with van der Waals surface area (Å²) in [6.07, 6.45) is -1.13. The van der Waals surface area contributed by atoms with Gasteiger partial charge in [-0.05, 0) is 78.4 Å². The number of hydrogen-bond acceptors (Lipinski definition) is 7. The Hall–Kier alpha value is -5.09. The summed E-state index contributed by atoms with van der Waals surface area (Å²) in [7, 11) is 1.40. The van der Waals surface area contributed by atoms with Crippen molar-refractivity contribution >= 4 is 29.2 Å². The zero-order valence-electron chi connectivity index (χ0n) is 21.6. The number of fused-ring (bicyclic) bond motifs is 1.